The van der Waals surface area contributed by atoms with Crippen LogP contribution in [0.15, 0.2) is 33.5 Å². The summed E-state index contributed by atoms with van der Waals surface area (Å²) < 4.78 is 11.7. The zero-order chi connectivity index (χ0) is 14.7. The van der Waals surface area contributed by atoms with Crippen molar-refractivity contribution in [3.63, 3.8) is 0 Å². The number of rotatable bonds is 6. The summed E-state index contributed by atoms with van der Waals surface area (Å²) in [4.78, 5) is 14.7. The highest BCUT2D eigenvalue weighted by Crippen LogP contribution is 2.17. The first kappa shape index (κ1) is 13.0. The van der Waals surface area contributed by atoms with Crippen LogP contribution in [0.3, 0.4) is 0 Å². The third-order valence-electron chi connectivity index (χ3n) is 2.68. The molecule has 0 aliphatic carbocycles. The topological polar surface area (TPSA) is 120 Å². The molecule has 0 radical (unpaired) electrons. The van der Waals surface area contributed by atoms with E-state index < -0.39 is 5.97 Å². The van der Waals surface area contributed by atoms with Gasteiger partial charge in [0, 0.05) is 12.6 Å². The monoisotopic (exact) mass is 289 g/mol. The van der Waals surface area contributed by atoms with Gasteiger partial charge in [-0.3, -0.25) is 4.79 Å². The van der Waals surface area contributed by atoms with Gasteiger partial charge in [0.2, 0.25) is 0 Å². The summed E-state index contributed by atoms with van der Waals surface area (Å²) in [5.41, 5.74) is 0.604. The Morgan fingerprint density at radius 1 is 1.43 bits per heavy atom. The summed E-state index contributed by atoms with van der Waals surface area (Å²) in [6.07, 6.45) is 3.53. The van der Waals surface area contributed by atoms with Crippen LogP contribution in [-0.2, 0) is 17.8 Å². The van der Waals surface area contributed by atoms with Gasteiger partial charge in [0.25, 0.3) is 5.89 Å². The normalized spacial score (nSPS) is 10.9. The molecule has 0 atom stereocenters. The van der Waals surface area contributed by atoms with Crippen LogP contribution >= 0.6 is 0 Å². The van der Waals surface area contributed by atoms with Crippen LogP contribution in [0, 0.1) is 0 Å². The Labute approximate surface area is 118 Å². The number of nitrogens with zero attached hydrogens (tertiary/aromatic N) is 5. The summed E-state index contributed by atoms with van der Waals surface area (Å²) in [6, 6.07) is 3.45. The zero-order valence-corrected chi connectivity index (χ0v) is 10.8. The van der Waals surface area contributed by atoms with E-state index in [2.05, 4.69) is 20.5 Å². The van der Waals surface area contributed by atoms with Crippen molar-refractivity contribution in [2.75, 3.05) is 0 Å². The number of aryl methyl sites for hydroxylation is 1. The second kappa shape index (κ2) is 5.57. The first-order chi connectivity index (χ1) is 10.2. The molecule has 3 aromatic rings. The van der Waals surface area contributed by atoms with E-state index in [1.54, 1.807) is 18.3 Å². The van der Waals surface area contributed by atoms with Crippen LogP contribution in [0.2, 0.25) is 0 Å². The first-order valence-electron chi connectivity index (χ1n) is 6.18. The quantitative estimate of drug-likeness (QED) is 0.713. The first-order valence-corrected chi connectivity index (χ1v) is 6.18. The van der Waals surface area contributed by atoms with E-state index >= 15 is 0 Å². The number of carboxylic acids is 1. The Kier molecular flexibility index (Phi) is 3.46. The zero-order valence-electron chi connectivity index (χ0n) is 10.8. The lowest BCUT2D eigenvalue weighted by Gasteiger charge is -1.92. The van der Waals surface area contributed by atoms with Gasteiger partial charge in [0.15, 0.2) is 11.6 Å². The Morgan fingerprint density at radius 2 is 2.33 bits per heavy atom. The number of carbonyl (C=O) groups is 1. The molecule has 0 saturated heterocycles. The molecule has 3 rings (SSSR count). The van der Waals surface area contributed by atoms with E-state index in [1.807, 2.05) is 0 Å². The van der Waals surface area contributed by atoms with Crippen LogP contribution in [0.5, 0.6) is 0 Å². The SMILES string of the molecule is O=C(O)CCc1cn(Cc2noc(-c3ccco3)n2)nn1. The van der Waals surface area contributed by atoms with Gasteiger partial charge in [-0.15, -0.1) is 5.10 Å². The third-order valence-corrected chi connectivity index (χ3v) is 2.68. The summed E-state index contributed by atoms with van der Waals surface area (Å²) in [5.74, 6) is 0.345. The maximum atomic E-state index is 10.5. The molecule has 0 bridgehead atoms. The minimum Gasteiger partial charge on any atom is -0.481 e. The molecule has 0 aromatic carbocycles. The van der Waals surface area contributed by atoms with Gasteiger partial charge >= 0.3 is 5.97 Å². The van der Waals surface area contributed by atoms with Gasteiger partial charge in [-0.2, -0.15) is 4.98 Å². The molecule has 0 spiro atoms. The highest BCUT2D eigenvalue weighted by atomic mass is 16.5. The molecular weight excluding hydrogens is 278 g/mol. The minimum absolute atomic E-state index is 0.0174. The standard InChI is InChI=1S/C12H11N5O4/c18-11(19)4-3-8-6-17(16-14-8)7-10-13-12(21-15-10)9-2-1-5-20-9/h1-2,5-6H,3-4,7H2,(H,18,19). The molecule has 0 aliphatic heterocycles. The average molecular weight is 289 g/mol. The fourth-order valence-electron chi connectivity index (χ4n) is 1.73. The van der Waals surface area contributed by atoms with Gasteiger partial charge in [0.1, 0.15) is 6.54 Å². The Balaban J connectivity index is 1.65. The summed E-state index contributed by atoms with van der Waals surface area (Å²) in [5, 5.41) is 20.2. The smallest absolute Gasteiger partial charge is 0.303 e. The average Bonchev–Trinajstić information content (AvgIpc) is 3.18. The van der Waals surface area contributed by atoms with Crippen molar-refractivity contribution in [3.05, 3.63) is 36.1 Å². The molecule has 21 heavy (non-hydrogen) atoms. The number of carboxylic acid groups (broad SMARTS) is 1. The third kappa shape index (κ3) is 3.14. The fourth-order valence-corrected chi connectivity index (χ4v) is 1.73. The molecule has 0 saturated carbocycles. The van der Waals surface area contributed by atoms with Crippen LogP contribution in [0.1, 0.15) is 17.9 Å². The second-order valence-corrected chi connectivity index (χ2v) is 4.29. The summed E-state index contributed by atoms with van der Waals surface area (Å²) in [6.45, 7) is 0.282. The molecule has 0 unspecified atom stereocenters. The van der Waals surface area contributed by atoms with Crippen molar-refractivity contribution >= 4 is 5.97 Å². The second-order valence-electron chi connectivity index (χ2n) is 4.29. The number of aromatic nitrogens is 5. The van der Waals surface area contributed by atoms with Crippen molar-refractivity contribution < 1.29 is 18.8 Å². The van der Waals surface area contributed by atoms with Gasteiger partial charge < -0.3 is 14.0 Å². The van der Waals surface area contributed by atoms with E-state index in [9.17, 15) is 4.79 Å². The molecule has 9 heteroatoms. The fraction of sp³-hybridized carbons (Fsp3) is 0.250. The summed E-state index contributed by atoms with van der Waals surface area (Å²) in [7, 11) is 0. The molecule has 1 N–H and O–H groups in total. The molecule has 0 aliphatic rings. The highest BCUT2D eigenvalue weighted by molar-refractivity contribution is 5.66. The van der Waals surface area contributed by atoms with Crippen LogP contribution in [0.25, 0.3) is 11.7 Å². The van der Waals surface area contributed by atoms with Gasteiger partial charge in [-0.1, -0.05) is 10.4 Å². The molecule has 9 nitrogen and oxygen atoms in total. The predicted octanol–water partition coefficient (Wildman–Crippen LogP) is 0.987. The molecule has 3 aromatic heterocycles. The van der Waals surface area contributed by atoms with E-state index in [1.165, 1.54) is 10.9 Å². The maximum absolute atomic E-state index is 10.5. The lowest BCUT2D eigenvalue weighted by atomic mass is 10.2. The van der Waals surface area contributed by atoms with Gasteiger partial charge in [0.05, 0.1) is 18.4 Å². The number of hydrogen-bond donors (Lipinski definition) is 1. The van der Waals surface area contributed by atoms with Crippen molar-refractivity contribution in [3.8, 4) is 11.7 Å². The van der Waals surface area contributed by atoms with Crippen LogP contribution in [0.4, 0.5) is 0 Å². The molecule has 0 fully saturated rings. The lowest BCUT2D eigenvalue weighted by molar-refractivity contribution is -0.136. The largest absolute Gasteiger partial charge is 0.481 e. The van der Waals surface area contributed by atoms with Crippen molar-refractivity contribution in [1.29, 1.82) is 0 Å². The summed E-state index contributed by atoms with van der Waals surface area (Å²) >= 11 is 0. The highest BCUT2D eigenvalue weighted by Gasteiger charge is 2.12. The number of aliphatic carboxylic acids is 1. The number of furan rings is 1. The van der Waals surface area contributed by atoms with Crippen molar-refractivity contribution in [2.24, 2.45) is 0 Å². The maximum Gasteiger partial charge on any atom is 0.303 e. The molecule has 0 amide bonds. The van der Waals surface area contributed by atoms with E-state index in [-0.39, 0.29) is 13.0 Å². The van der Waals surface area contributed by atoms with Crippen molar-refractivity contribution in [2.45, 2.75) is 19.4 Å². The van der Waals surface area contributed by atoms with Crippen LogP contribution < -0.4 is 0 Å². The van der Waals surface area contributed by atoms with Gasteiger partial charge in [-0.05, 0) is 12.1 Å². The minimum atomic E-state index is -0.870. The Hall–Kier alpha value is -2.97. The molecular formula is C12H11N5O4. The predicted molar refractivity (Wildman–Crippen MR) is 67.1 cm³/mol. The van der Waals surface area contributed by atoms with Crippen molar-refractivity contribution in [1.82, 2.24) is 25.1 Å². The Bertz CT molecular complexity index is 731. The van der Waals surface area contributed by atoms with E-state index in [0.717, 1.165) is 0 Å². The molecule has 108 valence electrons. The Morgan fingerprint density at radius 3 is 3.10 bits per heavy atom. The van der Waals surface area contributed by atoms with E-state index in [4.69, 9.17) is 14.0 Å². The van der Waals surface area contributed by atoms with E-state index in [0.29, 0.717) is 29.6 Å². The lowest BCUT2D eigenvalue weighted by Crippen LogP contribution is -2.02. The molecule has 3 heterocycles. The number of hydrogen-bond acceptors (Lipinski definition) is 7. The van der Waals surface area contributed by atoms with Gasteiger partial charge in [-0.25, -0.2) is 4.68 Å². The van der Waals surface area contributed by atoms with Crippen LogP contribution in [-0.4, -0.2) is 36.2 Å².